The number of alkyl halides is 1. The van der Waals surface area contributed by atoms with Crippen molar-refractivity contribution in [3.8, 4) is 0 Å². The van der Waals surface area contributed by atoms with Gasteiger partial charge in [0.2, 0.25) is 0 Å². The first-order valence-electron chi connectivity index (χ1n) is 6.06. The smallest absolute Gasteiger partial charge is 0.0402 e. The van der Waals surface area contributed by atoms with Crippen molar-refractivity contribution in [1.29, 1.82) is 0 Å². The van der Waals surface area contributed by atoms with E-state index in [2.05, 4.69) is 44.9 Å². The lowest BCUT2D eigenvalue weighted by Gasteiger charge is -2.26. The molecule has 1 atom stereocenters. The molecular weight excluding hydrogens is 264 g/mol. The first-order chi connectivity index (χ1) is 7.81. The van der Waals surface area contributed by atoms with Crippen molar-refractivity contribution in [3.63, 3.8) is 0 Å². The van der Waals surface area contributed by atoms with Crippen molar-refractivity contribution in [1.82, 2.24) is 4.98 Å². The first-order valence-corrected chi connectivity index (χ1v) is 7.18. The molecule has 0 N–H and O–H groups in total. The van der Waals surface area contributed by atoms with Gasteiger partial charge in [0.25, 0.3) is 0 Å². The fraction of sp³-hybridized carbons (Fsp3) is 0.615. The summed E-state index contributed by atoms with van der Waals surface area (Å²) in [6.07, 6.45) is 7.16. The van der Waals surface area contributed by atoms with E-state index < -0.39 is 0 Å². The Bertz CT molecular complexity index is 340. The first kappa shape index (κ1) is 11.9. The fourth-order valence-corrected chi connectivity index (χ4v) is 2.82. The Morgan fingerprint density at radius 2 is 2.44 bits per heavy atom. The molecule has 1 saturated heterocycles. The van der Waals surface area contributed by atoms with Crippen LogP contribution in [-0.2, 0) is 0 Å². The van der Waals surface area contributed by atoms with Gasteiger partial charge < -0.3 is 4.90 Å². The van der Waals surface area contributed by atoms with Crippen LogP contribution in [0.5, 0.6) is 0 Å². The lowest BCUT2D eigenvalue weighted by molar-refractivity contribution is 0.604. The molecule has 1 aromatic heterocycles. The molecule has 2 heterocycles. The van der Waals surface area contributed by atoms with Crippen LogP contribution in [0, 0.1) is 6.92 Å². The molecule has 0 aromatic carbocycles. The summed E-state index contributed by atoms with van der Waals surface area (Å²) in [7, 11) is 0. The highest BCUT2D eigenvalue weighted by atomic mass is 79.9. The number of aryl methyl sites for hydroxylation is 1. The van der Waals surface area contributed by atoms with Gasteiger partial charge in [-0.05, 0) is 44.7 Å². The second-order valence-electron chi connectivity index (χ2n) is 4.48. The molecule has 1 unspecified atom stereocenters. The molecule has 16 heavy (non-hydrogen) atoms. The maximum atomic E-state index is 4.26. The summed E-state index contributed by atoms with van der Waals surface area (Å²) in [5.41, 5.74) is 2.47. The summed E-state index contributed by atoms with van der Waals surface area (Å²) < 4.78 is 0. The Morgan fingerprint density at radius 3 is 3.19 bits per heavy atom. The second kappa shape index (κ2) is 5.67. The molecule has 1 aliphatic heterocycles. The number of halogens is 1. The van der Waals surface area contributed by atoms with E-state index in [-0.39, 0.29) is 0 Å². The standard InChI is InChI=1S/C13H19BrN2/c1-11-10-13(6-8-15-11)16-9-3-5-12(16)4-2-7-14/h6,8,10,12H,2-5,7,9H2,1H3. The number of anilines is 1. The van der Waals surface area contributed by atoms with Crippen LogP contribution in [0.15, 0.2) is 18.3 Å². The number of nitrogens with zero attached hydrogens (tertiary/aromatic N) is 2. The van der Waals surface area contributed by atoms with Crippen LogP contribution < -0.4 is 4.90 Å². The van der Waals surface area contributed by atoms with E-state index >= 15 is 0 Å². The van der Waals surface area contributed by atoms with Crippen LogP contribution in [0.4, 0.5) is 5.69 Å². The highest BCUT2D eigenvalue weighted by molar-refractivity contribution is 9.09. The molecule has 0 saturated carbocycles. The van der Waals surface area contributed by atoms with Crippen molar-refractivity contribution >= 4 is 21.6 Å². The van der Waals surface area contributed by atoms with Crippen molar-refractivity contribution < 1.29 is 0 Å². The predicted molar refractivity (Wildman–Crippen MR) is 72.4 cm³/mol. The highest BCUT2D eigenvalue weighted by Crippen LogP contribution is 2.28. The molecule has 0 bridgehead atoms. The van der Waals surface area contributed by atoms with Gasteiger partial charge in [-0.25, -0.2) is 0 Å². The van der Waals surface area contributed by atoms with Crippen LogP contribution in [0.3, 0.4) is 0 Å². The molecule has 2 rings (SSSR count). The molecule has 1 aliphatic rings. The van der Waals surface area contributed by atoms with Gasteiger partial charge in [-0.2, -0.15) is 0 Å². The Morgan fingerprint density at radius 1 is 1.56 bits per heavy atom. The van der Waals surface area contributed by atoms with E-state index in [0.29, 0.717) is 0 Å². The van der Waals surface area contributed by atoms with Crippen molar-refractivity contribution in [3.05, 3.63) is 24.0 Å². The van der Waals surface area contributed by atoms with E-state index in [0.717, 1.165) is 17.1 Å². The minimum atomic E-state index is 0.736. The minimum absolute atomic E-state index is 0.736. The van der Waals surface area contributed by atoms with Crippen LogP contribution in [0.25, 0.3) is 0 Å². The third-order valence-electron chi connectivity index (χ3n) is 3.26. The predicted octanol–water partition coefficient (Wildman–Crippen LogP) is 3.53. The quantitative estimate of drug-likeness (QED) is 0.786. The van der Waals surface area contributed by atoms with Gasteiger partial charge in [-0.3, -0.25) is 4.98 Å². The summed E-state index contributed by atoms with van der Waals surface area (Å²) >= 11 is 3.52. The number of aromatic nitrogens is 1. The summed E-state index contributed by atoms with van der Waals surface area (Å²) in [4.78, 5) is 6.82. The highest BCUT2D eigenvalue weighted by Gasteiger charge is 2.23. The summed E-state index contributed by atoms with van der Waals surface area (Å²) in [6.45, 7) is 3.27. The maximum absolute atomic E-state index is 4.26. The number of hydrogen-bond acceptors (Lipinski definition) is 2. The summed E-state index contributed by atoms with van der Waals surface area (Å²) in [5, 5.41) is 1.12. The van der Waals surface area contributed by atoms with Gasteiger partial charge in [0.15, 0.2) is 0 Å². The largest absolute Gasteiger partial charge is 0.368 e. The van der Waals surface area contributed by atoms with Gasteiger partial charge in [0, 0.05) is 35.5 Å². The van der Waals surface area contributed by atoms with Crippen LogP contribution >= 0.6 is 15.9 Å². The summed E-state index contributed by atoms with van der Waals surface area (Å²) in [6, 6.07) is 5.07. The monoisotopic (exact) mass is 282 g/mol. The van der Waals surface area contributed by atoms with Crippen molar-refractivity contribution in [2.24, 2.45) is 0 Å². The Labute approximate surface area is 106 Å². The SMILES string of the molecule is Cc1cc(N2CCCC2CCCBr)ccn1. The molecule has 2 nitrogen and oxygen atoms in total. The molecule has 0 radical (unpaired) electrons. The molecule has 3 heteroatoms. The molecular formula is C13H19BrN2. The lowest BCUT2D eigenvalue weighted by atomic mass is 10.1. The second-order valence-corrected chi connectivity index (χ2v) is 5.27. The molecule has 0 amide bonds. The lowest BCUT2D eigenvalue weighted by Crippen LogP contribution is -2.29. The zero-order chi connectivity index (χ0) is 11.4. The minimum Gasteiger partial charge on any atom is -0.368 e. The van der Waals surface area contributed by atoms with Crippen LogP contribution in [-0.4, -0.2) is 22.9 Å². The third kappa shape index (κ3) is 2.76. The zero-order valence-electron chi connectivity index (χ0n) is 9.82. The number of hydrogen-bond donors (Lipinski definition) is 0. The van der Waals surface area contributed by atoms with Gasteiger partial charge in [-0.15, -0.1) is 0 Å². The third-order valence-corrected chi connectivity index (χ3v) is 3.82. The molecule has 88 valence electrons. The van der Waals surface area contributed by atoms with Crippen molar-refractivity contribution in [2.45, 2.75) is 38.6 Å². The Kier molecular flexibility index (Phi) is 4.22. The molecule has 0 spiro atoms. The molecule has 0 aliphatic carbocycles. The van der Waals surface area contributed by atoms with E-state index in [1.165, 1.54) is 37.9 Å². The van der Waals surface area contributed by atoms with Gasteiger partial charge in [-0.1, -0.05) is 15.9 Å². The fourth-order valence-electron chi connectivity index (χ4n) is 2.50. The van der Waals surface area contributed by atoms with E-state index in [9.17, 15) is 0 Å². The number of rotatable bonds is 4. The van der Waals surface area contributed by atoms with E-state index in [1.807, 2.05) is 6.20 Å². The molecule has 1 fully saturated rings. The van der Waals surface area contributed by atoms with Gasteiger partial charge in [0.1, 0.15) is 0 Å². The zero-order valence-corrected chi connectivity index (χ0v) is 11.4. The van der Waals surface area contributed by atoms with Crippen LogP contribution in [0.1, 0.15) is 31.4 Å². The molecule has 1 aromatic rings. The van der Waals surface area contributed by atoms with Crippen molar-refractivity contribution in [2.75, 3.05) is 16.8 Å². The van der Waals surface area contributed by atoms with Gasteiger partial charge in [0.05, 0.1) is 0 Å². The Hall–Kier alpha value is -0.570. The number of pyridine rings is 1. The maximum Gasteiger partial charge on any atom is 0.0402 e. The van der Waals surface area contributed by atoms with E-state index in [1.54, 1.807) is 0 Å². The summed E-state index contributed by atoms with van der Waals surface area (Å²) in [5.74, 6) is 0. The van der Waals surface area contributed by atoms with E-state index in [4.69, 9.17) is 0 Å². The van der Waals surface area contributed by atoms with Gasteiger partial charge >= 0.3 is 0 Å². The normalized spacial score (nSPS) is 20.4. The average Bonchev–Trinajstić information content (AvgIpc) is 2.74. The topological polar surface area (TPSA) is 16.1 Å². The average molecular weight is 283 g/mol. The van der Waals surface area contributed by atoms with Crippen LogP contribution in [0.2, 0.25) is 0 Å². The Balaban J connectivity index is 2.07.